The van der Waals surface area contributed by atoms with Crippen molar-refractivity contribution in [1.82, 2.24) is 14.5 Å². The van der Waals surface area contributed by atoms with Gasteiger partial charge in [0.05, 0.1) is 22.5 Å². The van der Waals surface area contributed by atoms with Gasteiger partial charge in [-0.25, -0.2) is 4.98 Å². The molecule has 0 atom stereocenters. The molecule has 43 heavy (non-hydrogen) atoms. The summed E-state index contributed by atoms with van der Waals surface area (Å²) in [6, 6.07) is 30.8. The number of benzene rings is 4. The van der Waals surface area contributed by atoms with Crippen molar-refractivity contribution in [2.45, 2.75) is 19.6 Å². The first-order valence-electron chi connectivity index (χ1n) is 13.9. The highest BCUT2D eigenvalue weighted by Gasteiger charge is 2.30. The molecule has 2 heterocycles. The highest BCUT2D eigenvalue weighted by atomic mass is 16.6. The highest BCUT2D eigenvalue weighted by molar-refractivity contribution is 6.37. The second-order valence-corrected chi connectivity index (χ2v) is 10.6. The van der Waals surface area contributed by atoms with Crippen LogP contribution in [0.1, 0.15) is 27.8 Å². The van der Waals surface area contributed by atoms with Crippen molar-refractivity contribution in [2.75, 3.05) is 17.7 Å². The van der Waals surface area contributed by atoms with E-state index in [1.807, 2.05) is 65.4 Å². The van der Waals surface area contributed by atoms with Crippen molar-refractivity contribution in [3.63, 3.8) is 0 Å². The molecule has 9 heteroatoms. The molecule has 0 bridgehead atoms. The molecule has 1 amide bonds. The van der Waals surface area contributed by atoms with Gasteiger partial charge in [-0.05, 0) is 47.5 Å². The standard InChI is InChI=1S/C34H30N6O3/c1-38(20-24-5-3-2-4-6-24)21-25-9-13-28(14-10-25)36-33(27-11-7-26(8-12-27)22-39-18-17-35-23-39)32-30-19-29(40(42)43)15-16-31(30)37-34(32)41/h2-19,23,36H,20-22H2,1H3,(H,37,41). The first-order valence-corrected chi connectivity index (χ1v) is 13.9. The second-order valence-electron chi connectivity index (χ2n) is 10.6. The lowest BCUT2D eigenvalue weighted by atomic mass is 9.98. The van der Waals surface area contributed by atoms with E-state index in [-0.39, 0.29) is 11.6 Å². The number of nitro groups is 1. The van der Waals surface area contributed by atoms with Crippen molar-refractivity contribution in [3.8, 4) is 0 Å². The number of aromatic nitrogens is 2. The smallest absolute Gasteiger partial charge is 0.270 e. The molecule has 0 fully saturated rings. The highest BCUT2D eigenvalue weighted by Crippen LogP contribution is 2.39. The van der Waals surface area contributed by atoms with Crippen LogP contribution in [-0.2, 0) is 24.4 Å². The monoisotopic (exact) mass is 570 g/mol. The molecule has 4 aromatic carbocycles. The van der Waals surface area contributed by atoms with Crippen molar-refractivity contribution in [2.24, 2.45) is 0 Å². The van der Waals surface area contributed by atoms with E-state index >= 15 is 0 Å². The van der Waals surface area contributed by atoms with Crippen molar-refractivity contribution in [3.05, 3.63) is 154 Å². The molecule has 5 aromatic rings. The number of amides is 1. The maximum Gasteiger partial charge on any atom is 0.270 e. The minimum Gasteiger partial charge on any atom is -0.354 e. The van der Waals surface area contributed by atoms with E-state index < -0.39 is 4.92 Å². The Bertz CT molecular complexity index is 1780. The Hall–Kier alpha value is -5.54. The van der Waals surface area contributed by atoms with Crippen LogP contribution in [-0.4, -0.2) is 32.3 Å². The maximum atomic E-state index is 13.3. The van der Waals surface area contributed by atoms with Crippen LogP contribution < -0.4 is 10.6 Å². The fourth-order valence-electron chi connectivity index (χ4n) is 5.26. The number of rotatable bonds is 10. The third kappa shape index (κ3) is 6.37. The van der Waals surface area contributed by atoms with Crippen LogP contribution in [0, 0.1) is 10.1 Å². The SMILES string of the molecule is CN(Cc1ccccc1)Cc1ccc(NC(=C2C(=O)Nc3ccc([N+](=O)[O-])cc32)c2ccc(Cn3ccnc3)cc2)cc1. The van der Waals surface area contributed by atoms with Gasteiger partial charge in [-0.1, -0.05) is 66.7 Å². The quantitative estimate of drug-likeness (QED) is 0.114. The van der Waals surface area contributed by atoms with Gasteiger partial charge in [-0.3, -0.25) is 19.8 Å². The molecule has 0 saturated carbocycles. The third-order valence-electron chi connectivity index (χ3n) is 7.35. The normalized spacial score (nSPS) is 13.5. The zero-order chi connectivity index (χ0) is 29.8. The van der Waals surface area contributed by atoms with Crippen molar-refractivity contribution < 1.29 is 9.72 Å². The molecule has 0 aliphatic carbocycles. The lowest BCUT2D eigenvalue weighted by molar-refractivity contribution is -0.384. The zero-order valence-electron chi connectivity index (χ0n) is 23.6. The summed E-state index contributed by atoms with van der Waals surface area (Å²) in [6.07, 6.45) is 5.40. The van der Waals surface area contributed by atoms with E-state index in [2.05, 4.69) is 51.8 Å². The molecular formula is C34H30N6O3. The Morgan fingerprint density at radius 1 is 0.930 bits per heavy atom. The van der Waals surface area contributed by atoms with Gasteiger partial charge in [0.2, 0.25) is 0 Å². The molecule has 0 radical (unpaired) electrons. The van der Waals surface area contributed by atoms with Gasteiger partial charge in [0.15, 0.2) is 0 Å². The van der Waals surface area contributed by atoms with Crippen LogP contribution in [0.5, 0.6) is 0 Å². The molecule has 0 unspecified atom stereocenters. The summed E-state index contributed by atoms with van der Waals surface area (Å²) >= 11 is 0. The fraction of sp³-hybridized carbons (Fsp3) is 0.118. The molecule has 0 spiro atoms. The fourth-order valence-corrected chi connectivity index (χ4v) is 5.26. The summed E-state index contributed by atoms with van der Waals surface area (Å²) in [5.74, 6) is -0.320. The molecular weight excluding hydrogens is 540 g/mol. The number of carbonyl (C=O) groups excluding carboxylic acids is 1. The zero-order valence-corrected chi connectivity index (χ0v) is 23.6. The number of hydrogen-bond acceptors (Lipinski definition) is 6. The number of carbonyl (C=O) groups is 1. The van der Waals surface area contributed by atoms with Crippen LogP contribution in [0.15, 0.2) is 116 Å². The van der Waals surface area contributed by atoms with Gasteiger partial charge >= 0.3 is 0 Å². The molecule has 0 saturated heterocycles. The Morgan fingerprint density at radius 2 is 1.63 bits per heavy atom. The maximum absolute atomic E-state index is 13.3. The number of anilines is 2. The number of nitrogens with zero attached hydrogens (tertiary/aromatic N) is 4. The average Bonchev–Trinajstić information content (AvgIpc) is 3.64. The molecule has 214 valence electrons. The number of non-ortho nitro benzene ring substituents is 1. The number of nitro benzene ring substituents is 1. The summed E-state index contributed by atoms with van der Waals surface area (Å²) in [7, 11) is 2.09. The molecule has 1 aliphatic heterocycles. The minimum absolute atomic E-state index is 0.0771. The Balaban J connectivity index is 1.31. The van der Waals surface area contributed by atoms with Gasteiger partial charge in [-0.2, -0.15) is 0 Å². The van der Waals surface area contributed by atoms with E-state index in [1.165, 1.54) is 17.7 Å². The number of nitrogens with one attached hydrogen (secondary N) is 2. The topological polar surface area (TPSA) is 105 Å². The van der Waals surface area contributed by atoms with E-state index in [0.717, 1.165) is 35.5 Å². The summed E-state index contributed by atoms with van der Waals surface area (Å²) < 4.78 is 1.98. The lowest BCUT2D eigenvalue weighted by Crippen LogP contribution is -2.17. The number of imidazole rings is 1. The molecule has 1 aromatic heterocycles. The largest absolute Gasteiger partial charge is 0.354 e. The summed E-state index contributed by atoms with van der Waals surface area (Å²) in [5.41, 5.74) is 6.94. The molecule has 1 aliphatic rings. The Morgan fingerprint density at radius 3 is 2.30 bits per heavy atom. The minimum atomic E-state index is -0.452. The third-order valence-corrected chi connectivity index (χ3v) is 7.35. The molecule has 6 rings (SSSR count). The summed E-state index contributed by atoms with van der Waals surface area (Å²) in [5, 5.41) is 17.9. The summed E-state index contributed by atoms with van der Waals surface area (Å²) in [6.45, 7) is 2.28. The first-order chi connectivity index (χ1) is 20.9. The molecule has 2 N–H and O–H groups in total. The average molecular weight is 571 g/mol. The van der Waals surface area contributed by atoms with Crippen LogP contribution in [0.3, 0.4) is 0 Å². The van der Waals surface area contributed by atoms with Gasteiger partial charge < -0.3 is 15.2 Å². The first kappa shape index (κ1) is 27.6. The van der Waals surface area contributed by atoms with Gasteiger partial charge in [0.1, 0.15) is 0 Å². The Kier molecular flexibility index (Phi) is 7.80. The van der Waals surface area contributed by atoms with E-state index in [1.54, 1.807) is 18.6 Å². The lowest BCUT2D eigenvalue weighted by Gasteiger charge is -2.18. The van der Waals surface area contributed by atoms with Crippen LogP contribution in [0.2, 0.25) is 0 Å². The predicted molar refractivity (Wildman–Crippen MR) is 168 cm³/mol. The van der Waals surface area contributed by atoms with Gasteiger partial charge in [0, 0.05) is 61.1 Å². The predicted octanol–water partition coefficient (Wildman–Crippen LogP) is 6.40. The van der Waals surface area contributed by atoms with Crippen LogP contribution in [0.4, 0.5) is 17.1 Å². The van der Waals surface area contributed by atoms with Crippen LogP contribution >= 0.6 is 0 Å². The number of fused-ring (bicyclic) bond motifs is 1. The van der Waals surface area contributed by atoms with Crippen molar-refractivity contribution in [1.29, 1.82) is 0 Å². The second kappa shape index (κ2) is 12.1. The van der Waals surface area contributed by atoms with Crippen LogP contribution in [0.25, 0.3) is 11.3 Å². The summed E-state index contributed by atoms with van der Waals surface area (Å²) in [4.78, 5) is 30.8. The Labute approximate surface area is 249 Å². The van der Waals surface area contributed by atoms with Gasteiger partial charge in [-0.15, -0.1) is 0 Å². The van der Waals surface area contributed by atoms with E-state index in [9.17, 15) is 14.9 Å². The van der Waals surface area contributed by atoms with E-state index in [4.69, 9.17) is 0 Å². The molecule has 9 nitrogen and oxygen atoms in total. The number of hydrogen-bond donors (Lipinski definition) is 2. The van der Waals surface area contributed by atoms with Crippen molar-refractivity contribution >= 4 is 34.2 Å². The van der Waals surface area contributed by atoms with Gasteiger partial charge in [0.25, 0.3) is 11.6 Å². The van der Waals surface area contributed by atoms with E-state index in [0.29, 0.717) is 29.1 Å².